The Morgan fingerprint density at radius 2 is 2.10 bits per heavy atom. The molecule has 1 aromatic heterocycles. The van der Waals surface area contributed by atoms with Crippen molar-refractivity contribution in [3.05, 3.63) is 48.7 Å². The van der Waals surface area contributed by atoms with Crippen LogP contribution in [0, 0.1) is 0 Å². The SMILES string of the molecule is CCN(CCN=Nc1ccccn1)c1cccc(O)c1. The van der Waals surface area contributed by atoms with Crippen molar-refractivity contribution >= 4 is 11.5 Å². The third-order valence-electron chi connectivity index (χ3n) is 2.87. The number of hydrogen-bond donors (Lipinski definition) is 1. The smallest absolute Gasteiger partial charge is 0.173 e. The molecule has 0 atom stereocenters. The van der Waals surface area contributed by atoms with E-state index >= 15 is 0 Å². The number of phenolic OH excluding ortho intramolecular Hbond substituents is 1. The molecule has 1 heterocycles. The minimum atomic E-state index is 0.274. The molecule has 0 amide bonds. The van der Waals surface area contributed by atoms with Gasteiger partial charge in [-0.3, -0.25) is 0 Å². The lowest BCUT2D eigenvalue weighted by atomic mass is 10.2. The number of benzene rings is 1. The number of azo groups is 1. The summed E-state index contributed by atoms with van der Waals surface area (Å²) >= 11 is 0. The van der Waals surface area contributed by atoms with Crippen molar-refractivity contribution in [2.45, 2.75) is 6.92 Å². The van der Waals surface area contributed by atoms with Crippen LogP contribution >= 0.6 is 0 Å². The van der Waals surface area contributed by atoms with E-state index in [1.807, 2.05) is 30.3 Å². The lowest BCUT2D eigenvalue weighted by molar-refractivity contribution is 0.475. The van der Waals surface area contributed by atoms with Gasteiger partial charge in [0, 0.05) is 31.0 Å². The number of rotatable bonds is 6. The molecule has 0 aliphatic carbocycles. The van der Waals surface area contributed by atoms with Gasteiger partial charge in [0.15, 0.2) is 5.82 Å². The third-order valence-corrected chi connectivity index (χ3v) is 2.87. The van der Waals surface area contributed by atoms with Crippen LogP contribution in [0.25, 0.3) is 0 Å². The number of aromatic nitrogens is 1. The Balaban J connectivity index is 1.90. The number of anilines is 1. The minimum Gasteiger partial charge on any atom is -0.508 e. The fourth-order valence-electron chi connectivity index (χ4n) is 1.86. The maximum absolute atomic E-state index is 9.50. The summed E-state index contributed by atoms with van der Waals surface area (Å²) in [6.45, 7) is 4.25. The van der Waals surface area contributed by atoms with Crippen molar-refractivity contribution in [2.24, 2.45) is 10.2 Å². The largest absolute Gasteiger partial charge is 0.508 e. The average Bonchev–Trinajstić information content (AvgIpc) is 2.48. The number of phenols is 1. The Morgan fingerprint density at radius 3 is 2.80 bits per heavy atom. The molecule has 1 aromatic carbocycles. The molecule has 0 saturated heterocycles. The summed E-state index contributed by atoms with van der Waals surface area (Å²) in [5, 5.41) is 17.7. The molecule has 0 radical (unpaired) electrons. The van der Waals surface area contributed by atoms with Crippen LogP contribution in [-0.2, 0) is 0 Å². The van der Waals surface area contributed by atoms with Gasteiger partial charge < -0.3 is 10.0 Å². The zero-order valence-electron chi connectivity index (χ0n) is 11.5. The summed E-state index contributed by atoms with van der Waals surface area (Å²) in [5.74, 6) is 0.893. The minimum absolute atomic E-state index is 0.274. The van der Waals surface area contributed by atoms with E-state index in [2.05, 4.69) is 27.0 Å². The Kier molecular flexibility index (Phi) is 5.06. The fourth-order valence-corrected chi connectivity index (χ4v) is 1.86. The molecule has 0 fully saturated rings. The van der Waals surface area contributed by atoms with Crippen molar-refractivity contribution in [3.8, 4) is 5.75 Å². The van der Waals surface area contributed by atoms with Gasteiger partial charge >= 0.3 is 0 Å². The average molecular weight is 270 g/mol. The van der Waals surface area contributed by atoms with E-state index in [-0.39, 0.29) is 5.75 Å². The molecular weight excluding hydrogens is 252 g/mol. The topological polar surface area (TPSA) is 61.1 Å². The molecule has 1 N–H and O–H groups in total. The maximum atomic E-state index is 9.50. The molecule has 5 heteroatoms. The first kappa shape index (κ1) is 14.0. The summed E-state index contributed by atoms with van der Waals surface area (Å²) in [5.41, 5.74) is 0.987. The molecule has 20 heavy (non-hydrogen) atoms. The molecule has 0 spiro atoms. The zero-order valence-corrected chi connectivity index (χ0v) is 11.5. The number of aromatic hydroxyl groups is 1. The number of likely N-dealkylation sites (N-methyl/N-ethyl adjacent to an activating group) is 1. The van der Waals surface area contributed by atoms with Crippen molar-refractivity contribution in [1.29, 1.82) is 0 Å². The predicted octanol–water partition coefficient (Wildman–Crippen LogP) is 3.40. The van der Waals surface area contributed by atoms with E-state index < -0.39 is 0 Å². The van der Waals surface area contributed by atoms with Crippen LogP contribution in [0.5, 0.6) is 5.75 Å². The standard InChI is InChI=1S/C15H18N4O/c1-2-19(13-6-5-7-14(20)12-13)11-10-17-18-15-8-3-4-9-16-15/h3-9,12,20H,2,10-11H2,1H3. The van der Waals surface area contributed by atoms with Crippen molar-refractivity contribution in [3.63, 3.8) is 0 Å². The summed E-state index contributed by atoms with van der Waals surface area (Å²) < 4.78 is 0. The molecule has 2 rings (SSSR count). The molecule has 0 unspecified atom stereocenters. The van der Waals surface area contributed by atoms with E-state index in [0.717, 1.165) is 18.8 Å². The lowest BCUT2D eigenvalue weighted by Crippen LogP contribution is -2.25. The van der Waals surface area contributed by atoms with Crippen LogP contribution in [0.3, 0.4) is 0 Å². The van der Waals surface area contributed by atoms with Crippen LogP contribution < -0.4 is 4.90 Å². The first-order valence-electron chi connectivity index (χ1n) is 6.62. The van der Waals surface area contributed by atoms with Crippen molar-refractivity contribution in [2.75, 3.05) is 24.5 Å². The van der Waals surface area contributed by atoms with E-state index in [1.165, 1.54) is 0 Å². The van der Waals surface area contributed by atoms with Gasteiger partial charge in [-0.25, -0.2) is 4.98 Å². The van der Waals surface area contributed by atoms with E-state index in [9.17, 15) is 5.11 Å². The first-order valence-corrected chi connectivity index (χ1v) is 6.62. The quantitative estimate of drug-likeness (QED) is 0.818. The molecule has 5 nitrogen and oxygen atoms in total. The highest BCUT2D eigenvalue weighted by atomic mass is 16.3. The monoisotopic (exact) mass is 270 g/mol. The summed E-state index contributed by atoms with van der Waals surface area (Å²) in [7, 11) is 0. The van der Waals surface area contributed by atoms with Gasteiger partial charge in [0.05, 0.1) is 6.54 Å². The van der Waals surface area contributed by atoms with Crippen LogP contribution in [-0.4, -0.2) is 29.7 Å². The van der Waals surface area contributed by atoms with Crippen molar-refractivity contribution in [1.82, 2.24) is 4.98 Å². The van der Waals surface area contributed by atoms with Crippen LogP contribution in [0.4, 0.5) is 11.5 Å². The Bertz CT molecular complexity index is 557. The first-order chi connectivity index (χ1) is 9.79. The predicted molar refractivity (Wildman–Crippen MR) is 79.6 cm³/mol. The van der Waals surface area contributed by atoms with Crippen molar-refractivity contribution < 1.29 is 5.11 Å². The summed E-state index contributed by atoms with van der Waals surface area (Å²) in [6.07, 6.45) is 1.69. The molecule has 2 aromatic rings. The van der Waals surface area contributed by atoms with Gasteiger partial charge in [-0.1, -0.05) is 12.1 Å². The molecular formula is C15H18N4O. The highest BCUT2D eigenvalue weighted by Crippen LogP contribution is 2.19. The van der Waals surface area contributed by atoms with E-state index in [1.54, 1.807) is 18.3 Å². The molecule has 0 aliphatic rings. The Labute approximate surface area is 118 Å². The highest BCUT2D eigenvalue weighted by Gasteiger charge is 2.03. The van der Waals surface area contributed by atoms with Gasteiger partial charge in [-0.15, -0.1) is 5.11 Å². The second-order valence-electron chi connectivity index (χ2n) is 4.25. The number of nitrogens with zero attached hydrogens (tertiary/aromatic N) is 4. The second kappa shape index (κ2) is 7.23. The number of hydrogen-bond acceptors (Lipinski definition) is 5. The maximum Gasteiger partial charge on any atom is 0.173 e. The van der Waals surface area contributed by atoms with Gasteiger partial charge in [-0.05, 0) is 31.2 Å². The molecule has 0 saturated carbocycles. The number of pyridine rings is 1. The van der Waals surface area contributed by atoms with Gasteiger partial charge in [-0.2, -0.15) is 5.11 Å². The highest BCUT2D eigenvalue weighted by molar-refractivity contribution is 5.50. The van der Waals surface area contributed by atoms with E-state index in [4.69, 9.17) is 0 Å². The Morgan fingerprint density at radius 1 is 1.20 bits per heavy atom. The fraction of sp³-hybridized carbons (Fsp3) is 0.267. The normalized spacial score (nSPS) is 10.8. The van der Waals surface area contributed by atoms with Crippen LogP contribution in [0.15, 0.2) is 58.9 Å². The van der Waals surface area contributed by atoms with Gasteiger partial charge in [0.2, 0.25) is 0 Å². The van der Waals surface area contributed by atoms with E-state index in [0.29, 0.717) is 12.4 Å². The third kappa shape index (κ3) is 4.05. The second-order valence-corrected chi connectivity index (χ2v) is 4.25. The molecule has 0 aliphatic heterocycles. The molecule has 104 valence electrons. The molecule has 0 bridgehead atoms. The summed E-state index contributed by atoms with van der Waals surface area (Å²) in [6, 6.07) is 12.8. The Hall–Kier alpha value is -2.43. The zero-order chi connectivity index (χ0) is 14.2. The van der Waals surface area contributed by atoms with Gasteiger partial charge in [0.25, 0.3) is 0 Å². The summed E-state index contributed by atoms with van der Waals surface area (Å²) in [4.78, 5) is 6.21. The lowest BCUT2D eigenvalue weighted by Gasteiger charge is -2.21. The van der Waals surface area contributed by atoms with Crippen LogP contribution in [0.1, 0.15) is 6.92 Å². The van der Waals surface area contributed by atoms with Gasteiger partial charge in [0.1, 0.15) is 5.75 Å². The van der Waals surface area contributed by atoms with Crippen LogP contribution in [0.2, 0.25) is 0 Å².